The van der Waals surface area contributed by atoms with Gasteiger partial charge in [-0.25, -0.2) is 0 Å². The molecule has 0 aromatic heterocycles. The van der Waals surface area contributed by atoms with Crippen LogP contribution < -0.4 is 5.32 Å². The van der Waals surface area contributed by atoms with Gasteiger partial charge in [0.05, 0.1) is 11.7 Å². The lowest BCUT2D eigenvalue weighted by Gasteiger charge is -2.25. The number of hydrogen-bond acceptors (Lipinski definition) is 3. The number of hydroxylamine groups is 2. The van der Waals surface area contributed by atoms with E-state index in [-0.39, 0.29) is 11.7 Å². The molecule has 3 nitrogen and oxygen atoms in total. The quantitative estimate of drug-likeness (QED) is 0.498. The Kier molecular flexibility index (Phi) is 1.50. The van der Waals surface area contributed by atoms with Crippen LogP contribution in [0.2, 0.25) is 0 Å². The second-order valence-corrected chi connectivity index (χ2v) is 3.21. The second-order valence-electron chi connectivity index (χ2n) is 3.21. The number of hydrogen-bond donors (Lipinski definition) is 2. The predicted octanol–water partition coefficient (Wildman–Crippen LogP) is 0.405. The summed E-state index contributed by atoms with van der Waals surface area (Å²) >= 11 is 0. The van der Waals surface area contributed by atoms with Crippen molar-refractivity contribution < 1.29 is 5.21 Å². The third kappa shape index (κ3) is 1.08. The lowest BCUT2D eigenvalue weighted by molar-refractivity contribution is -0.159. The van der Waals surface area contributed by atoms with Crippen LogP contribution in [0.1, 0.15) is 20.8 Å². The van der Waals surface area contributed by atoms with Gasteiger partial charge in [-0.1, -0.05) is 0 Å². The first kappa shape index (κ1) is 6.99. The van der Waals surface area contributed by atoms with Gasteiger partial charge in [-0.05, 0) is 20.8 Å². The Morgan fingerprint density at radius 3 is 2.33 bits per heavy atom. The molecule has 3 heteroatoms. The maximum atomic E-state index is 9.30. The molecule has 0 aliphatic carbocycles. The Morgan fingerprint density at radius 2 is 2.22 bits per heavy atom. The molecule has 1 atom stereocenters. The fraction of sp³-hybridized carbons (Fsp3) is 1.00. The van der Waals surface area contributed by atoms with Crippen LogP contribution in [0.25, 0.3) is 0 Å². The molecule has 0 aromatic rings. The molecular weight excluding hydrogens is 116 g/mol. The molecule has 1 heterocycles. The van der Waals surface area contributed by atoms with Crippen molar-refractivity contribution in [2.45, 2.75) is 32.5 Å². The molecule has 0 saturated carbocycles. The Morgan fingerprint density at radius 1 is 1.67 bits per heavy atom. The summed E-state index contributed by atoms with van der Waals surface area (Å²) in [6.07, 6.45) is 0.0972. The fourth-order valence-electron chi connectivity index (χ4n) is 1.09. The largest absolute Gasteiger partial charge is 0.312 e. The number of nitrogens with zero attached hydrogens (tertiary/aromatic N) is 1. The van der Waals surface area contributed by atoms with Crippen LogP contribution in [0.4, 0.5) is 0 Å². The monoisotopic (exact) mass is 130 g/mol. The maximum Gasteiger partial charge on any atom is 0.0819 e. The first-order chi connectivity index (χ1) is 4.04. The van der Waals surface area contributed by atoms with E-state index in [1.54, 1.807) is 0 Å². The van der Waals surface area contributed by atoms with Crippen molar-refractivity contribution in [3.63, 3.8) is 0 Å². The maximum absolute atomic E-state index is 9.30. The lowest BCUT2D eigenvalue weighted by Crippen LogP contribution is -2.40. The van der Waals surface area contributed by atoms with Gasteiger partial charge in [-0.3, -0.25) is 5.32 Å². The fourth-order valence-corrected chi connectivity index (χ4v) is 1.09. The summed E-state index contributed by atoms with van der Waals surface area (Å²) in [5.74, 6) is 0. The van der Waals surface area contributed by atoms with Crippen LogP contribution in [0.15, 0.2) is 0 Å². The SMILES string of the molecule is CC1NCC(C)(C)N1O. The number of rotatable bonds is 0. The van der Waals surface area contributed by atoms with E-state index in [9.17, 15) is 5.21 Å². The van der Waals surface area contributed by atoms with E-state index in [0.717, 1.165) is 6.54 Å². The highest BCUT2D eigenvalue weighted by atomic mass is 16.5. The summed E-state index contributed by atoms with van der Waals surface area (Å²) in [5, 5.41) is 13.8. The average Bonchev–Trinajstić information content (AvgIpc) is 1.97. The van der Waals surface area contributed by atoms with Crippen LogP contribution >= 0.6 is 0 Å². The van der Waals surface area contributed by atoms with Gasteiger partial charge < -0.3 is 5.21 Å². The summed E-state index contributed by atoms with van der Waals surface area (Å²) in [7, 11) is 0. The zero-order chi connectivity index (χ0) is 7.07. The summed E-state index contributed by atoms with van der Waals surface area (Å²) in [4.78, 5) is 0. The molecule has 1 fully saturated rings. The summed E-state index contributed by atoms with van der Waals surface area (Å²) in [6, 6.07) is 0. The van der Waals surface area contributed by atoms with E-state index < -0.39 is 0 Å². The van der Waals surface area contributed by atoms with Crippen LogP contribution in [-0.2, 0) is 0 Å². The Balaban J connectivity index is 2.62. The average molecular weight is 130 g/mol. The van der Waals surface area contributed by atoms with E-state index in [1.807, 2.05) is 20.8 Å². The third-order valence-electron chi connectivity index (χ3n) is 1.82. The highest BCUT2D eigenvalue weighted by Gasteiger charge is 2.35. The molecule has 0 aromatic carbocycles. The summed E-state index contributed by atoms with van der Waals surface area (Å²) < 4.78 is 0. The highest BCUT2D eigenvalue weighted by Crippen LogP contribution is 2.18. The molecule has 1 saturated heterocycles. The Labute approximate surface area is 55.6 Å². The van der Waals surface area contributed by atoms with Crippen molar-refractivity contribution >= 4 is 0 Å². The third-order valence-corrected chi connectivity index (χ3v) is 1.82. The molecule has 1 aliphatic heterocycles. The minimum absolute atomic E-state index is 0.0972. The highest BCUT2D eigenvalue weighted by molar-refractivity contribution is 4.87. The lowest BCUT2D eigenvalue weighted by atomic mass is 10.1. The van der Waals surface area contributed by atoms with E-state index in [2.05, 4.69) is 5.32 Å². The molecule has 0 amide bonds. The van der Waals surface area contributed by atoms with Gasteiger partial charge in [0, 0.05) is 6.54 Å². The van der Waals surface area contributed by atoms with Gasteiger partial charge in [0.15, 0.2) is 0 Å². The molecular formula is C6H14N2O. The van der Waals surface area contributed by atoms with Gasteiger partial charge in [0.2, 0.25) is 0 Å². The second kappa shape index (κ2) is 1.94. The zero-order valence-electron chi connectivity index (χ0n) is 6.18. The van der Waals surface area contributed by atoms with Crippen LogP contribution in [0.3, 0.4) is 0 Å². The van der Waals surface area contributed by atoms with E-state index in [4.69, 9.17) is 0 Å². The van der Waals surface area contributed by atoms with Crippen LogP contribution in [-0.4, -0.2) is 28.5 Å². The molecule has 2 N–H and O–H groups in total. The standard InChI is InChI=1S/C6H14N2O/c1-5-7-4-6(2,3)8(5)9/h5,7,9H,4H2,1-3H3. The molecule has 0 spiro atoms. The molecule has 0 radical (unpaired) electrons. The molecule has 9 heavy (non-hydrogen) atoms. The van der Waals surface area contributed by atoms with Crippen molar-refractivity contribution in [2.24, 2.45) is 0 Å². The molecule has 1 rings (SSSR count). The topological polar surface area (TPSA) is 35.5 Å². The Bertz CT molecular complexity index is 114. The van der Waals surface area contributed by atoms with Gasteiger partial charge in [-0.2, -0.15) is 5.06 Å². The van der Waals surface area contributed by atoms with Crippen molar-refractivity contribution in [3.8, 4) is 0 Å². The van der Waals surface area contributed by atoms with Gasteiger partial charge in [-0.15, -0.1) is 0 Å². The zero-order valence-corrected chi connectivity index (χ0v) is 6.18. The number of nitrogens with one attached hydrogen (secondary N) is 1. The van der Waals surface area contributed by atoms with E-state index in [0.29, 0.717) is 0 Å². The van der Waals surface area contributed by atoms with Crippen molar-refractivity contribution in [2.75, 3.05) is 6.54 Å². The normalized spacial score (nSPS) is 35.3. The van der Waals surface area contributed by atoms with Gasteiger partial charge >= 0.3 is 0 Å². The van der Waals surface area contributed by atoms with Crippen molar-refractivity contribution in [1.82, 2.24) is 10.4 Å². The molecule has 1 unspecified atom stereocenters. The minimum atomic E-state index is -0.0978. The van der Waals surface area contributed by atoms with E-state index in [1.165, 1.54) is 5.06 Å². The first-order valence-electron chi connectivity index (χ1n) is 3.25. The summed E-state index contributed by atoms with van der Waals surface area (Å²) in [5.41, 5.74) is -0.0978. The van der Waals surface area contributed by atoms with Gasteiger partial charge in [0.25, 0.3) is 0 Å². The van der Waals surface area contributed by atoms with Crippen LogP contribution in [0, 0.1) is 0 Å². The summed E-state index contributed by atoms with van der Waals surface area (Å²) in [6.45, 7) is 6.80. The van der Waals surface area contributed by atoms with Gasteiger partial charge in [0.1, 0.15) is 0 Å². The van der Waals surface area contributed by atoms with Crippen molar-refractivity contribution in [3.05, 3.63) is 0 Å². The minimum Gasteiger partial charge on any atom is -0.312 e. The smallest absolute Gasteiger partial charge is 0.0819 e. The molecule has 1 aliphatic rings. The molecule has 54 valence electrons. The Hall–Kier alpha value is -0.120. The first-order valence-corrected chi connectivity index (χ1v) is 3.25. The predicted molar refractivity (Wildman–Crippen MR) is 35.2 cm³/mol. The molecule has 0 bridgehead atoms. The van der Waals surface area contributed by atoms with Crippen LogP contribution in [0.5, 0.6) is 0 Å². The van der Waals surface area contributed by atoms with Crippen molar-refractivity contribution in [1.29, 1.82) is 0 Å². The van der Waals surface area contributed by atoms with E-state index >= 15 is 0 Å².